The van der Waals surface area contributed by atoms with Crippen molar-refractivity contribution in [3.63, 3.8) is 0 Å². The van der Waals surface area contributed by atoms with E-state index in [0.717, 1.165) is 5.69 Å². The van der Waals surface area contributed by atoms with Crippen LogP contribution < -0.4 is 10.9 Å². The second-order valence-electron chi connectivity index (χ2n) is 3.18. The number of aryl methyl sites for hydroxylation is 1. The van der Waals surface area contributed by atoms with Gasteiger partial charge in [-0.3, -0.25) is 4.79 Å². The van der Waals surface area contributed by atoms with E-state index >= 15 is 0 Å². The number of halogens is 1. The molecule has 2 N–H and O–H groups in total. The summed E-state index contributed by atoms with van der Waals surface area (Å²) in [6, 6.07) is 1.83. The molecule has 2 aromatic rings. The predicted molar refractivity (Wildman–Crippen MR) is 66.1 cm³/mol. The summed E-state index contributed by atoms with van der Waals surface area (Å²) in [5.41, 5.74) is 0.664. The molecule has 0 aliphatic heterocycles. The van der Waals surface area contributed by atoms with Crippen molar-refractivity contribution in [1.29, 1.82) is 0 Å². The van der Waals surface area contributed by atoms with Gasteiger partial charge in [-0.1, -0.05) is 5.16 Å². The van der Waals surface area contributed by atoms with Crippen molar-refractivity contribution >= 4 is 28.4 Å². The highest BCUT2D eigenvalue weighted by molar-refractivity contribution is 14.1. The Morgan fingerprint density at radius 3 is 3.12 bits per heavy atom. The standard InChI is InChI=1S/C9H9IN4O2/c1-5-2-6(16-14-5)3-11-8-7(10)9(15)13-4-12-8/h2,4H,3H2,1H3,(H2,11,12,13,15). The fourth-order valence-electron chi connectivity index (χ4n) is 1.18. The van der Waals surface area contributed by atoms with Gasteiger partial charge >= 0.3 is 0 Å². The van der Waals surface area contributed by atoms with Gasteiger partial charge in [0.05, 0.1) is 18.6 Å². The van der Waals surface area contributed by atoms with E-state index in [1.54, 1.807) is 0 Å². The van der Waals surface area contributed by atoms with Crippen molar-refractivity contribution in [3.8, 4) is 0 Å². The molecule has 7 heteroatoms. The zero-order valence-electron chi connectivity index (χ0n) is 8.45. The Kier molecular flexibility index (Phi) is 3.22. The van der Waals surface area contributed by atoms with E-state index in [-0.39, 0.29) is 5.56 Å². The number of nitrogens with one attached hydrogen (secondary N) is 2. The van der Waals surface area contributed by atoms with Crippen LogP contribution in [0.2, 0.25) is 0 Å². The minimum absolute atomic E-state index is 0.160. The van der Waals surface area contributed by atoms with Gasteiger partial charge in [0.2, 0.25) is 0 Å². The highest BCUT2D eigenvalue weighted by Crippen LogP contribution is 2.11. The van der Waals surface area contributed by atoms with Crippen LogP contribution in [0, 0.1) is 10.5 Å². The second-order valence-corrected chi connectivity index (χ2v) is 4.26. The molecule has 0 radical (unpaired) electrons. The van der Waals surface area contributed by atoms with E-state index in [2.05, 4.69) is 20.4 Å². The smallest absolute Gasteiger partial charge is 0.266 e. The molecule has 2 rings (SSSR count). The molecule has 0 saturated heterocycles. The zero-order chi connectivity index (χ0) is 11.5. The van der Waals surface area contributed by atoms with E-state index in [9.17, 15) is 4.79 Å². The summed E-state index contributed by atoms with van der Waals surface area (Å²) < 4.78 is 5.55. The van der Waals surface area contributed by atoms with Gasteiger partial charge in [-0.15, -0.1) is 0 Å². The number of rotatable bonds is 3. The van der Waals surface area contributed by atoms with Crippen LogP contribution in [0.25, 0.3) is 0 Å². The molecule has 0 fully saturated rings. The average molecular weight is 332 g/mol. The summed E-state index contributed by atoms with van der Waals surface area (Å²) in [6.07, 6.45) is 1.36. The van der Waals surface area contributed by atoms with Crippen LogP contribution >= 0.6 is 22.6 Å². The van der Waals surface area contributed by atoms with Crippen LogP contribution in [0.5, 0.6) is 0 Å². The fraction of sp³-hybridized carbons (Fsp3) is 0.222. The van der Waals surface area contributed by atoms with Gasteiger partial charge in [-0.2, -0.15) is 0 Å². The molecule has 0 spiro atoms. The first-order chi connectivity index (χ1) is 7.66. The molecule has 0 aromatic carbocycles. The minimum Gasteiger partial charge on any atom is -0.362 e. The van der Waals surface area contributed by atoms with Gasteiger partial charge in [0.15, 0.2) is 5.76 Å². The monoisotopic (exact) mass is 332 g/mol. The van der Waals surface area contributed by atoms with Crippen LogP contribution in [-0.2, 0) is 6.54 Å². The maximum absolute atomic E-state index is 11.3. The average Bonchev–Trinajstić information content (AvgIpc) is 2.67. The van der Waals surface area contributed by atoms with Gasteiger partial charge in [-0.05, 0) is 29.5 Å². The lowest BCUT2D eigenvalue weighted by atomic mass is 10.4. The van der Waals surface area contributed by atoms with Crippen molar-refractivity contribution in [2.24, 2.45) is 0 Å². The van der Waals surface area contributed by atoms with E-state index in [0.29, 0.717) is 21.7 Å². The molecule has 0 saturated carbocycles. The number of hydrogen-bond donors (Lipinski definition) is 2. The molecule has 0 amide bonds. The summed E-state index contributed by atoms with van der Waals surface area (Å²) in [6.45, 7) is 2.30. The van der Waals surface area contributed by atoms with Crippen LogP contribution in [0.15, 0.2) is 21.7 Å². The lowest BCUT2D eigenvalue weighted by Gasteiger charge is -2.03. The quantitative estimate of drug-likeness (QED) is 0.828. The van der Waals surface area contributed by atoms with Crippen molar-refractivity contribution < 1.29 is 4.52 Å². The summed E-state index contributed by atoms with van der Waals surface area (Å²) >= 11 is 1.94. The first kappa shape index (κ1) is 11.1. The highest BCUT2D eigenvalue weighted by Gasteiger charge is 2.06. The first-order valence-corrected chi connectivity index (χ1v) is 5.64. The summed E-state index contributed by atoms with van der Waals surface area (Å²) in [4.78, 5) is 17.8. The minimum atomic E-state index is -0.160. The Labute approximate surface area is 105 Å². The third-order valence-electron chi connectivity index (χ3n) is 1.90. The molecule has 2 aromatic heterocycles. The molecule has 0 atom stereocenters. The molecule has 0 aliphatic carbocycles. The molecular weight excluding hydrogens is 323 g/mol. The summed E-state index contributed by atoms with van der Waals surface area (Å²) in [5.74, 6) is 1.24. The normalized spacial score (nSPS) is 10.4. The van der Waals surface area contributed by atoms with E-state index < -0.39 is 0 Å². The number of hydrogen-bond acceptors (Lipinski definition) is 5. The summed E-state index contributed by atoms with van der Waals surface area (Å²) in [5, 5.41) is 6.77. The van der Waals surface area contributed by atoms with Gasteiger partial charge in [0, 0.05) is 6.07 Å². The molecule has 0 bridgehead atoms. The molecule has 6 nitrogen and oxygen atoms in total. The fourth-order valence-corrected chi connectivity index (χ4v) is 1.66. The van der Waals surface area contributed by atoms with Gasteiger partial charge in [0.1, 0.15) is 9.39 Å². The Balaban J connectivity index is 2.10. The van der Waals surface area contributed by atoms with Crippen molar-refractivity contribution in [1.82, 2.24) is 15.1 Å². The Bertz CT molecular complexity index is 548. The van der Waals surface area contributed by atoms with Crippen molar-refractivity contribution in [2.75, 3.05) is 5.32 Å². The molecule has 0 unspecified atom stereocenters. The molecule has 84 valence electrons. The first-order valence-electron chi connectivity index (χ1n) is 4.56. The van der Waals surface area contributed by atoms with E-state index in [1.807, 2.05) is 35.6 Å². The van der Waals surface area contributed by atoms with Gasteiger partial charge in [-0.25, -0.2) is 4.98 Å². The zero-order valence-corrected chi connectivity index (χ0v) is 10.6. The lowest BCUT2D eigenvalue weighted by molar-refractivity contribution is 0.384. The number of aromatic nitrogens is 3. The topological polar surface area (TPSA) is 83.8 Å². The molecule has 2 heterocycles. The van der Waals surface area contributed by atoms with Crippen molar-refractivity contribution in [3.05, 3.63) is 37.8 Å². The Hall–Kier alpha value is -1.38. The maximum atomic E-state index is 11.3. The maximum Gasteiger partial charge on any atom is 0.266 e. The van der Waals surface area contributed by atoms with Crippen LogP contribution in [-0.4, -0.2) is 15.1 Å². The third-order valence-corrected chi connectivity index (χ3v) is 2.90. The number of H-pyrrole nitrogens is 1. The third kappa shape index (κ3) is 2.40. The van der Waals surface area contributed by atoms with E-state index in [1.165, 1.54) is 6.33 Å². The molecular formula is C9H9IN4O2. The summed E-state index contributed by atoms with van der Waals surface area (Å²) in [7, 11) is 0. The number of nitrogens with zero attached hydrogens (tertiary/aromatic N) is 2. The van der Waals surface area contributed by atoms with E-state index in [4.69, 9.17) is 4.52 Å². The van der Waals surface area contributed by atoms with Crippen LogP contribution in [0.4, 0.5) is 5.82 Å². The molecule has 0 aliphatic rings. The van der Waals surface area contributed by atoms with Crippen molar-refractivity contribution in [2.45, 2.75) is 13.5 Å². The number of aromatic amines is 1. The predicted octanol–water partition coefficient (Wildman–Crippen LogP) is 1.28. The van der Waals surface area contributed by atoms with Gasteiger partial charge in [0.25, 0.3) is 5.56 Å². The second kappa shape index (κ2) is 4.64. The largest absolute Gasteiger partial charge is 0.362 e. The molecule has 16 heavy (non-hydrogen) atoms. The van der Waals surface area contributed by atoms with Gasteiger partial charge < -0.3 is 14.8 Å². The SMILES string of the molecule is Cc1cc(CNc2nc[nH]c(=O)c2I)on1. The lowest BCUT2D eigenvalue weighted by Crippen LogP contribution is -2.14. The highest BCUT2D eigenvalue weighted by atomic mass is 127. The number of anilines is 1. The van der Waals surface area contributed by atoms with Crippen LogP contribution in [0.1, 0.15) is 11.5 Å². The van der Waals surface area contributed by atoms with Crippen LogP contribution in [0.3, 0.4) is 0 Å². The Morgan fingerprint density at radius 1 is 1.62 bits per heavy atom. The Morgan fingerprint density at radius 2 is 2.44 bits per heavy atom.